The van der Waals surface area contributed by atoms with Crippen LogP contribution in [0.4, 0.5) is 0 Å². The molecule has 3 aliphatic rings. The van der Waals surface area contributed by atoms with E-state index in [1.807, 2.05) is 6.92 Å². The van der Waals surface area contributed by atoms with Crippen molar-refractivity contribution in [2.75, 3.05) is 0 Å². The lowest BCUT2D eigenvalue weighted by molar-refractivity contribution is -0.191. The lowest BCUT2D eigenvalue weighted by Gasteiger charge is -2.63. The summed E-state index contributed by atoms with van der Waals surface area (Å²) in [6, 6.07) is 0. The van der Waals surface area contributed by atoms with Crippen LogP contribution in [0.3, 0.4) is 0 Å². The fourth-order valence-electron chi connectivity index (χ4n) is 3.17. The third-order valence-corrected chi connectivity index (χ3v) is 4.41. The molecule has 0 amide bonds. The predicted molar refractivity (Wildman–Crippen MR) is 50.3 cm³/mol. The van der Waals surface area contributed by atoms with Gasteiger partial charge in [0.2, 0.25) is 0 Å². The van der Waals surface area contributed by atoms with E-state index >= 15 is 0 Å². The number of aliphatic carboxylic acids is 1. The molecule has 3 aliphatic carbocycles. The summed E-state index contributed by atoms with van der Waals surface area (Å²) in [6.45, 7) is 6.17. The van der Waals surface area contributed by atoms with Crippen molar-refractivity contribution in [2.45, 2.75) is 27.2 Å². The van der Waals surface area contributed by atoms with Gasteiger partial charge in [-0.3, -0.25) is 4.79 Å². The van der Waals surface area contributed by atoms with Crippen LogP contribution >= 0.6 is 0 Å². The highest BCUT2D eigenvalue weighted by molar-refractivity contribution is 5.79. The van der Waals surface area contributed by atoms with Crippen LogP contribution in [0, 0.1) is 22.7 Å². The van der Waals surface area contributed by atoms with Gasteiger partial charge in [0.05, 0.1) is 5.41 Å². The van der Waals surface area contributed by atoms with Gasteiger partial charge in [-0.05, 0) is 23.7 Å². The van der Waals surface area contributed by atoms with E-state index in [1.165, 1.54) is 0 Å². The average molecular weight is 180 g/mol. The number of hydrogen-bond acceptors (Lipinski definition) is 1. The van der Waals surface area contributed by atoms with Crippen LogP contribution in [0.25, 0.3) is 0 Å². The van der Waals surface area contributed by atoms with E-state index in [0.29, 0.717) is 5.92 Å². The first kappa shape index (κ1) is 8.79. The van der Waals surface area contributed by atoms with Crippen LogP contribution in [0.2, 0.25) is 0 Å². The molecular weight excluding hydrogens is 164 g/mol. The van der Waals surface area contributed by atoms with Crippen molar-refractivity contribution in [3.8, 4) is 0 Å². The van der Waals surface area contributed by atoms with Crippen molar-refractivity contribution < 1.29 is 9.90 Å². The average Bonchev–Trinajstić information content (AvgIpc) is 2.02. The topological polar surface area (TPSA) is 37.3 Å². The van der Waals surface area contributed by atoms with Crippen LogP contribution in [-0.4, -0.2) is 11.1 Å². The molecule has 0 aromatic carbocycles. The van der Waals surface area contributed by atoms with Gasteiger partial charge >= 0.3 is 5.97 Å². The van der Waals surface area contributed by atoms with E-state index in [1.54, 1.807) is 0 Å². The molecule has 3 rings (SSSR count). The Hall–Kier alpha value is -0.790. The maximum atomic E-state index is 11.3. The minimum Gasteiger partial charge on any atom is -0.481 e. The zero-order valence-electron chi connectivity index (χ0n) is 8.37. The Morgan fingerprint density at radius 3 is 2.38 bits per heavy atom. The summed E-state index contributed by atoms with van der Waals surface area (Å²) >= 11 is 0. The Balaban J connectivity index is 2.48. The molecule has 1 N–H and O–H groups in total. The SMILES string of the molecule is CC1C=CC2CC1(C(=O)O)C2(C)C. The highest BCUT2D eigenvalue weighted by Gasteiger charge is 2.67. The standard InChI is InChI=1S/C11H16O2/c1-7-4-5-8-6-11(7,9(12)13)10(8,2)3/h4-5,7-8H,6H2,1-3H3,(H,12,13). The maximum Gasteiger partial charge on any atom is 0.310 e. The van der Waals surface area contributed by atoms with Gasteiger partial charge in [0.15, 0.2) is 0 Å². The van der Waals surface area contributed by atoms with Crippen molar-refractivity contribution in [1.82, 2.24) is 0 Å². The smallest absolute Gasteiger partial charge is 0.310 e. The highest BCUT2D eigenvalue weighted by atomic mass is 16.4. The van der Waals surface area contributed by atoms with Crippen LogP contribution in [0.15, 0.2) is 12.2 Å². The van der Waals surface area contributed by atoms with Gasteiger partial charge in [-0.25, -0.2) is 0 Å². The number of hydrogen-bond donors (Lipinski definition) is 1. The molecule has 3 atom stereocenters. The van der Waals surface area contributed by atoms with E-state index in [2.05, 4.69) is 26.0 Å². The first-order valence-corrected chi connectivity index (χ1v) is 4.84. The second-order valence-corrected chi connectivity index (χ2v) is 4.98. The molecule has 0 aliphatic heterocycles. The quantitative estimate of drug-likeness (QED) is 0.629. The molecule has 13 heavy (non-hydrogen) atoms. The van der Waals surface area contributed by atoms with Gasteiger partial charge < -0.3 is 5.11 Å². The zero-order valence-corrected chi connectivity index (χ0v) is 8.37. The Bertz CT molecular complexity index is 290. The predicted octanol–water partition coefficient (Wildman–Crippen LogP) is 2.31. The summed E-state index contributed by atoms with van der Waals surface area (Å²) in [5.41, 5.74) is -0.556. The summed E-state index contributed by atoms with van der Waals surface area (Å²) in [5, 5.41) is 9.31. The van der Waals surface area contributed by atoms with Crippen LogP contribution in [-0.2, 0) is 4.79 Å². The molecule has 0 radical (unpaired) electrons. The molecule has 0 aromatic heterocycles. The zero-order chi connectivity index (χ0) is 9.85. The molecule has 1 fully saturated rings. The number of rotatable bonds is 1. The summed E-state index contributed by atoms with van der Waals surface area (Å²) < 4.78 is 0. The lowest BCUT2D eigenvalue weighted by Crippen LogP contribution is -2.63. The van der Waals surface area contributed by atoms with Gasteiger partial charge in [0.1, 0.15) is 0 Å². The molecule has 72 valence electrons. The largest absolute Gasteiger partial charge is 0.481 e. The Kier molecular flexibility index (Phi) is 1.47. The first-order valence-electron chi connectivity index (χ1n) is 4.84. The van der Waals surface area contributed by atoms with E-state index in [9.17, 15) is 9.90 Å². The fourth-order valence-corrected chi connectivity index (χ4v) is 3.17. The molecule has 2 heteroatoms. The lowest BCUT2D eigenvalue weighted by atomic mass is 9.39. The second-order valence-electron chi connectivity index (χ2n) is 4.98. The number of carboxylic acids is 1. The minimum absolute atomic E-state index is 0.0625. The van der Waals surface area contributed by atoms with Crippen LogP contribution in [0.1, 0.15) is 27.2 Å². The number of allylic oxidation sites excluding steroid dienone is 2. The van der Waals surface area contributed by atoms with Crippen molar-refractivity contribution in [1.29, 1.82) is 0 Å². The monoisotopic (exact) mass is 180 g/mol. The Morgan fingerprint density at radius 1 is 1.46 bits per heavy atom. The van der Waals surface area contributed by atoms with E-state index in [4.69, 9.17) is 0 Å². The Labute approximate surface area is 78.6 Å². The first-order chi connectivity index (χ1) is 5.93. The molecule has 3 unspecified atom stereocenters. The van der Waals surface area contributed by atoms with E-state index < -0.39 is 11.4 Å². The van der Waals surface area contributed by atoms with Crippen molar-refractivity contribution in [3.05, 3.63) is 12.2 Å². The van der Waals surface area contributed by atoms with Crippen molar-refractivity contribution >= 4 is 5.97 Å². The molecular formula is C11H16O2. The van der Waals surface area contributed by atoms with Gasteiger partial charge in [-0.15, -0.1) is 0 Å². The van der Waals surface area contributed by atoms with Crippen molar-refractivity contribution in [2.24, 2.45) is 22.7 Å². The maximum absolute atomic E-state index is 11.3. The molecule has 0 spiro atoms. The highest BCUT2D eigenvalue weighted by Crippen LogP contribution is 2.67. The van der Waals surface area contributed by atoms with Gasteiger partial charge in [-0.2, -0.15) is 0 Å². The molecule has 1 saturated carbocycles. The number of carboxylic acid groups (broad SMARTS) is 1. The van der Waals surface area contributed by atoms with Crippen LogP contribution in [0.5, 0.6) is 0 Å². The normalized spacial score (nSPS) is 45.5. The van der Waals surface area contributed by atoms with Gasteiger partial charge in [-0.1, -0.05) is 32.9 Å². The summed E-state index contributed by atoms with van der Waals surface area (Å²) in [5.74, 6) is 0.0235. The second kappa shape index (κ2) is 2.17. The fraction of sp³-hybridized carbons (Fsp3) is 0.727. The summed E-state index contributed by atoms with van der Waals surface area (Å²) in [6.07, 6.45) is 5.08. The molecule has 2 nitrogen and oxygen atoms in total. The molecule has 0 heterocycles. The summed E-state index contributed by atoms with van der Waals surface area (Å²) in [7, 11) is 0. The number of fused-ring (bicyclic) bond motifs is 1. The van der Waals surface area contributed by atoms with Gasteiger partial charge in [0, 0.05) is 0 Å². The van der Waals surface area contributed by atoms with Gasteiger partial charge in [0.25, 0.3) is 0 Å². The van der Waals surface area contributed by atoms with Crippen LogP contribution < -0.4 is 0 Å². The van der Waals surface area contributed by atoms with Crippen molar-refractivity contribution in [3.63, 3.8) is 0 Å². The molecule has 0 saturated heterocycles. The third-order valence-electron chi connectivity index (χ3n) is 4.41. The molecule has 2 bridgehead atoms. The molecule has 0 aromatic rings. The Morgan fingerprint density at radius 2 is 2.08 bits per heavy atom. The van der Waals surface area contributed by atoms with E-state index in [0.717, 1.165) is 6.42 Å². The summed E-state index contributed by atoms with van der Waals surface area (Å²) in [4.78, 5) is 11.3. The third kappa shape index (κ3) is 0.725. The van der Waals surface area contributed by atoms with E-state index in [-0.39, 0.29) is 11.3 Å². The number of carbonyl (C=O) groups is 1. The minimum atomic E-state index is -0.620.